The van der Waals surface area contributed by atoms with Crippen molar-refractivity contribution in [2.45, 2.75) is 0 Å². The summed E-state index contributed by atoms with van der Waals surface area (Å²) in [6, 6.07) is 74.7. The Labute approximate surface area is 345 Å². The second-order valence-electron chi connectivity index (χ2n) is 15.9. The van der Waals surface area contributed by atoms with Crippen molar-refractivity contribution in [3.05, 3.63) is 206 Å². The molecule has 0 fully saturated rings. The summed E-state index contributed by atoms with van der Waals surface area (Å²) in [4.78, 5) is 0. The summed E-state index contributed by atoms with van der Waals surface area (Å²) in [6.45, 7) is 0. The lowest BCUT2D eigenvalue weighted by molar-refractivity contribution is 0.665. The largest absolute Gasteiger partial charge is 0.456 e. The van der Waals surface area contributed by atoms with E-state index in [1.807, 2.05) is 12.1 Å². The van der Waals surface area contributed by atoms with Crippen molar-refractivity contribution in [2.24, 2.45) is 0 Å². The average Bonchev–Trinajstić information content (AvgIpc) is 3.87. The minimum absolute atomic E-state index is 0.862. The number of furan rings is 2. The molecular formula is C58H34O2. The number of rotatable bonds is 4. The van der Waals surface area contributed by atoms with E-state index in [-0.39, 0.29) is 0 Å². The molecule has 0 atom stereocenters. The fraction of sp³-hybridized carbons (Fsp3) is 0. The first-order valence-corrected chi connectivity index (χ1v) is 20.6. The van der Waals surface area contributed by atoms with E-state index >= 15 is 0 Å². The van der Waals surface area contributed by atoms with Crippen molar-refractivity contribution in [3.8, 4) is 44.5 Å². The second kappa shape index (κ2) is 12.8. The van der Waals surface area contributed by atoms with Gasteiger partial charge in [-0.3, -0.25) is 0 Å². The van der Waals surface area contributed by atoms with E-state index in [0.717, 1.165) is 54.6 Å². The summed E-state index contributed by atoms with van der Waals surface area (Å²) in [5.74, 6) is 0. The summed E-state index contributed by atoms with van der Waals surface area (Å²) >= 11 is 0. The van der Waals surface area contributed by atoms with E-state index < -0.39 is 0 Å². The van der Waals surface area contributed by atoms with Crippen LogP contribution in [0, 0.1) is 0 Å². The maximum atomic E-state index is 6.76. The minimum Gasteiger partial charge on any atom is -0.456 e. The highest BCUT2D eigenvalue weighted by molar-refractivity contribution is 6.26. The van der Waals surface area contributed by atoms with Gasteiger partial charge in [-0.1, -0.05) is 182 Å². The van der Waals surface area contributed by atoms with Crippen LogP contribution in [-0.2, 0) is 0 Å². The van der Waals surface area contributed by atoms with Gasteiger partial charge in [-0.15, -0.1) is 0 Å². The highest BCUT2D eigenvalue weighted by Gasteiger charge is 2.22. The first-order chi connectivity index (χ1) is 29.8. The van der Waals surface area contributed by atoms with Crippen LogP contribution in [0.4, 0.5) is 0 Å². The van der Waals surface area contributed by atoms with Crippen molar-refractivity contribution in [1.82, 2.24) is 0 Å². The van der Waals surface area contributed by atoms with Crippen LogP contribution in [0.15, 0.2) is 215 Å². The molecule has 0 saturated carbocycles. The Morgan fingerprint density at radius 2 is 0.667 bits per heavy atom. The molecule has 2 heteroatoms. The normalized spacial score (nSPS) is 12.0. The fourth-order valence-corrected chi connectivity index (χ4v) is 9.98. The maximum absolute atomic E-state index is 6.76. The lowest BCUT2D eigenvalue weighted by Gasteiger charge is -2.20. The summed E-state index contributed by atoms with van der Waals surface area (Å²) in [5.41, 5.74) is 13.3. The van der Waals surface area contributed by atoms with Gasteiger partial charge >= 0.3 is 0 Å². The molecule has 0 bridgehead atoms. The molecule has 60 heavy (non-hydrogen) atoms. The first kappa shape index (κ1) is 33.1. The Morgan fingerprint density at radius 1 is 0.217 bits per heavy atom. The summed E-state index contributed by atoms with van der Waals surface area (Å²) < 4.78 is 13.1. The number of para-hydroxylation sites is 1. The van der Waals surface area contributed by atoms with E-state index in [1.165, 1.54) is 76.8 Å². The zero-order chi connectivity index (χ0) is 39.3. The Bertz CT molecular complexity index is 3810. The standard InChI is InChI=1S/C58H34O2/c1-2-14-35(15-3-1)36-26-28-37(29-27-36)56-43-20-7-9-22-45(43)57(46-23-10-8-21-44(46)56)47-31-30-41(38-16-4-5-17-39(38)47)49-32-52-51-34-54-50(42-19-12-13-25-53(42)59-54)33-55(51)60-58(52)48-24-11-6-18-40(48)49/h1-34H. The van der Waals surface area contributed by atoms with Gasteiger partial charge in [0, 0.05) is 26.9 Å². The Hall–Kier alpha value is -7.94. The zero-order valence-electron chi connectivity index (χ0n) is 32.4. The van der Waals surface area contributed by atoms with Gasteiger partial charge < -0.3 is 8.83 Å². The third kappa shape index (κ3) is 4.82. The lowest BCUT2D eigenvalue weighted by atomic mass is 9.83. The van der Waals surface area contributed by atoms with Crippen molar-refractivity contribution in [1.29, 1.82) is 0 Å². The van der Waals surface area contributed by atoms with Crippen molar-refractivity contribution in [2.75, 3.05) is 0 Å². The Balaban J connectivity index is 1.04. The van der Waals surface area contributed by atoms with Gasteiger partial charge in [-0.25, -0.2) is 0 Å². The molecule has 0 N–H and O–H groups in total. The molecule has 0 aliphatic heterocycles. The SMILES string of the molecule is c1ccc(-c2ccc(-c3c4ccccc4c(-c4ccc(-c5cc6c7cc8oc9ccccc9c8cc7oc6c6ccccc56)c5ccccc45)c4ccccc34)cc2)cc1. The van der Waals surface area contributed by atoms with Crippen LogP contribution in [0.5, 0.6) is 0 Å². The van der Waals surface area contributed by atoms with Crippen LogP contribution in [0.1, 0.15) is 0 Å². The molecule has 0 spiro atoms. The van der Waals surface area contributed by atoms with E-state index in [2.05, 4.69) is 194 Å². The van der Waals surface area contributed by atoms with E-state index in [4.69, 9.17) is 8.83 Å². The molecule has 2 nitrogen and oxygen atoms in total. The predicted octanol–water partition coefficient (Wildman–Crippen LogP) is 16.8. The zero-order valence-corrected chi connectivity index (χ0v) is 32.4. The minimum atomic E-state index is 0.862. The van der Waals surface area contributed by atoms with Gasteiger partial charge in [0.1, 0.15) is 22.3 Å². The Kier molecular flexibility index (Phi) is 7.05. The van der Waals surface area contributed by atoms with Gasteiger partial charge in [0.05, 0.1) is 0 Å². The van der Waals surface area contributed by atoms with Gasteiger partial charge in [0.25, 0.3) is 0 Å². The van der Waals surface area contributed by atoms with Crippen molar-refractivity contribution in [3.63, 3.8) is 0 Å². The fourth-order valence-electron chi connectivity index (χ4n) is 9.98. The van der Waals surface area contributed by atoms with E-state index in [1.54, 1.807) is 0 Å². The molecular weight excluding hydrogens is 729 g/mol. The monoisotopic (exact) mass is 762 g/mol. The summed E-state index contributed by atoms with van der Waals surface area (Å²) in [5, 5.41) is 14.0. The van der Waals surface area contributed by atoms with Gasteiger partial charge in [0.15, 0.2) is 0 Å². The molecule has 11 aromatic carbocycles. The van der Waals surface area contributed by atoms with Gasteiger partial charge in [-0.2, -0.15) is 0 Å². The van der Waals surface area contributed by atoms with Crippen molar-refractivity contribution >= 4 is 87.0 Å². The van der Waals surface area contributed by atoms with Gasteiger partial charge in [0.2, 0.25) is 0 Å². The van der Waals surface area contributed by atoms with Crippen LogP contribution < -0.4 is 0 Å². The molecule has 278 valence electrons. The maximum Gasteiger partial charge on any atom is 0.143 e. The molecule has 13 rings (SSSR count). The molecule has 0 amide bonds. The summed E-state index contributed by atoms with van der Waals surface area (Å²) in [7, 11) is 0. The lowest BCUT2D eigenvalue weighted by Crippen LogP contribution is -1.93. The molecule has 0 saturated heterocycles. The average molecular weight is 763 g/mol. The molecule has 0 aliphatic rings. The highest BCUT2D eigenvalue weighted by atomic mass is 16.3. The van der Waals surface area contributed by atoms with Crippen LogP contribution in [0.3, 0.4) is 0 Å². The Morgan fingerprint density at radius 3 is 1.33 bits per heavy atom. The van der Waals surface area contributed by atoms with Gasteiger partial charge in [-0.05, 0) is 106 Å². The molecule has 2 aromatic heterocycles. The highest BCUT2D eigenvalue weighted by Crippen LogP contribution is 2.48. The topological polar surface area (TPSA) is 26.3 Å². The van der Waals surface area contributed by atoms with Crippen molar-refractivity contribution < 1.29 is 8.83 Å². The van der Waals surface area contributed by atoms with E-state index in [9.17, 15) is 0 Å². The smallest absolute Gasteiger partial charge is 0.143 e. The molecule has 0 radical (unpaired) electrons. The number of hydrogen-bond acceptors (Lipinski definition) is 2. The van der Waals surface area contributed by atoms with Crippen LogP contribution in [0.2, 0.25) is 0 Å². The van der Waals surface area contributed by atoms with Crippen LogP contribution in [0.25, 0.3) is 131 Å². The predicted molar refractivity (Wildman–Crippen MR) is 253 cm³/mol. The van der Waals surface area contributed by atoms with Crippen LogP contribution in [-0.4, -0.2) is 0 Å². The number of fused-ring (bicyclic) bond motifs is 11. The molecule has 2 heterocycles. The summed E-state index contributed by atoms with van der Waals surface area (Å²) in [6.07, 6.45) is 0. The number of benzene rings is 11. The number of hydrogen-bond donors (Lipinski definition) is 0. The molecule has 0 unspecified atom stereocenters. The molecule has 0 aliphatic carbocycles. The second-order valence-corrected chi connectivity index (χ2v) is 15.9. The quantitative estimate of drug-likeness (QED) is 0.167. The third-order valence-electron chi connectivity index (χ3n) is 12.7. The van der Waals surface area contributed by atoms with Crippen LogP contribution >= 0.6 is 0 Å². The van der Waals surface area contributed by atoms with E-state index in [0.29, 0.717) is 0 Å². The molecule has 13 aromatic rings. The first-order valence-electron chi connectivity index (χ1n) is 20.6. The third-order valence-corrected chi connectivity index (χ3v) is 12.7.